The average molecular weight is 307 g/mol. The number of aromatic nitrogens is 3. The van der Waals surface area contributed by atoms with Gasteiger partial charge in [-0.25, -0.2) is 4.79 Å². The number of rotatable bonds is 4. The molecule has 0 radical (unpaired) electrons. The van der Waals surface area contributed by atoms with E-state index in [1.54, 1.807) is 23.9 Å². The molecule has 6 nitrogen and oxygen atoms in total. The Morgan fingerprint density at radius 1 is 1.38 bits per heavy atom. The van der Waals surface area contributed by atoms with Crippen molar-refractivity contribution in [3.05, 3.63) is 29.5 Å². The second-order valence-electron chi connectivity index (χ2n) is 4.91. The van der Waals surface area contributed by atoms with Crippen LogP contribution < -0.4 is 0 Å². The Balaban J connectivity index is 1.66. The van der Waals surface area contributed by atoms with Crippen LogP contribution in [-0.4, -0.2) is 27.8 Å². The van der Waals surface area contributed by atoms with Gasteiger partial charge in [-0.2, -0.15) is 0 Å². The van der Waals surface area contributed by atoms with Gasteiger partial charge in [-0.3, -0.25) is 0 Å². The summed E-state index contributed by atoms with van der Waals surface area (Å²) in [6.45, 7) is 0.982. The van der Waals surface area contributed by atoms with E-state index in [0.29, 0.717) is 5.75 Å². The van der Waals surface area contributed by atoms with Gasteiger partial charge in [0.1, 0.15) is 11.6 Å². The number of carbonyl (C=O) groups excluding carboxylic acids is 1. The molecule has 0 aliphatic carbocycles. The fraction of sp³-hybridized carbons (Fsp3) is 0.500. The van der Waals surface area contributed by atoms with Crippen molar-refractivity contribution in [2.24, 2.45) is 0 Å². The summed E-state index contributed by atoms with van der Waals surface area (Å²) in [4.78, 5) is 11.3. The molecule has 0 N–H and O–H groups in total. The van der Waals surface area contributed by atoms with Gasteiger partial charge < -0.3 is 13.7 Å². The summed E-state index contributed by atoms with van der Waals surface area (Å²) in [6, 6.07) is 3.42. The maximum atomic E-state index is 11.3. The largest absolute Gasteiger partial charge is 0.463 e. The van der Waals surface area contributed by atoms with E-state index < -0.39 is 5.97 Å². The minimum absolute atomic E-state index is 0.230. The van der Waals surface area contributed by atoms with Crippen molar-refractivity contribution in [1.82, 2.24) is 14.8 Å². The van der Waals surface area contributed by atoms with Gasteiger partial charge in [0.15, 0.2) is 5.16 Å². The van der Waals surface area contributed by atoms with Crippen molar-refractivity contribution in [2.75, 3.05) is 7.11 Å². The number of nitrogens with zero attached hydrogens (tertiary/aromatic N) is 3. The third kappa shape index (κ3) is 3.12. The van der Waals surface area contributed by atoms with Crippen LogP contribution in [0, 0.1) is 0 Å². The van der Waals surface area contributed by atoms with Crippen molar-refractivity contribution in [3.63, 3.8) is 0 Å². The third-order valence-electron chi connectivity index (χ3n) is 3.47. The van der Waals surface area contributed by atoms with E-state index in [-0.39, 0.29) is 5.76 Å². The molecule has 0 unspecified atom stereocenters. The highest BCUT2D eigenvalue weighted by molar-refractivity contribution is 7.98. The first-order valence-electron chi connectivity index (χ1n) is 7.00. The average Bonchev–Trinajstić information content (AvgIpc) is 3.05. The Morgan fingerprint density at radius 2 is 2.29 bits per heavy atom. The van der Waals surface area contributed by atoms with Crippen molar-refractivity contribution >= 4 is 17.7 Å². The topological polar surface area (TPSA) is 70.2 Å². The van der Waals surface area contributed by atoms with E-state index in [1.165, 1.54) is 26.4 Å². The number of hydrogen-bond acceptors (Lipinski definition) is 6. The molecule has 0 saturated heterocycles. The zero-order valence-electron chi connectivity index (χ0n) is 11.9. The van der Waals surface area contributed by atoms with Crippen molar-refractivity contribution in [2.45, 2.75) is 43.1 Å². The molecule has 0 amide bonds. The number of carbonyl (C=O) groups is 1. The number of esters is 1. The van der Waals surface area contributed by atoms with Gasteiger partial charge in [0.25, 0.3) is 0 Å². The second kappa shape index (κ2) is 6.34. The summed E-state index contributed by atoms with van der Waals surface area (Å²) >= 11 is 1.58. The molecule has 2 aromatic rings. The van der Waals surface area contributed by atoms with Gasteiger partial charge in [0.05, 0.1) is 12.9 Å². The van der Waals surface area contributed by atoms with Crippen LogP contribution in [-0.2, 0) is 23.5 Å². The zero-order chi connectivity index (χ0) is 14.7. The van der Waals surface area contributed by atoms with E-state index in [0.717, 1.165) is 29.7 Å². The van der Waals surface area contributed by atoms with Gasteiger partial charge in [0, 0.05) is 13.0 Å². The van der Waals surface area contributed by atoms with Gasteiger partial charge in [-0.15, -0.1) is 10.2 Å². The summed E-state index contributed by atoms with van der Waals surface area (Å²) in [5, 5.41) is 9.44. The molecule has 112 valence electrons. The zero-order valence-corrected chi connectivity index (χ0v) is 12.7. The lowest BCUT2D eigenvalue weighted by Gasteiger charge is -2.05. The van der Waals surface area contributed by atoms with E-state index in [9.17, 15) is 4.79 Å². The lowest BCUT2D eigenvalue weighted by molar-refractivity contribution is 0.0563. The van der Waals surface area contributed by atoms with Crippen LogP contribution in [0.3, 0.4) is 0 Å². The lowest BCUT2D eigenvalue weighted by atomic mass is 10.2. The van der Waals surface area contributed by atoms with Crippen LogP contribution in [0.5, 0.6) is 0 Å². The summed E-state index contributed by atoms with van der Waals surface area (Å²) in [6.07, 6.45) is 4.60. The Hall–Kier alpha value is -1.76. The summed E-state index contributed by atoms with van der Waals surface area (Å²) in [5.41, 5.74) is 0. The van der Waals surface area contributed by atoms with E-state index in [4.69, 9.17) is 4.42 Å². The van der Waals surface area contributed by atoms with Crippen LogP contribution in [0.15, 0.2) is 21.7 Å². The molecular weight excluding hydrogens is 290 g/mol. The van der Waals surface area contributed by atoms with E-state index >= 15 is 0 Å². The Morgan fingerprint density at radius 3 is 3.14 bits per heavy atom. The molecule has 21 heavy (non-hydrogen) atoms. The smallest absolute Gasteiger partial charge is 0.373 e. The molecule has 0 atom stereocenters. The number of fused-ring (bicyclic) bond motifs is 1. The van der Waals surface area contributed by atoms with Gasteiger partial charge >= 0.3 is 5.97 Å². The summed E-state index contributed by atoms with van der Waals surface area (Å²) in [5.74, 6) is 2.20. The molecule has 7 heteroatoms. The molecule has 0 bridgehead atoms. The lowest BCUT2D eigenvalue weighted by Crippen LogP contribution is -2.02. The van der Waals surface area contributed by atoms with Crippen LogP contribution >= 0.6 is 11.8 Å². The standard InChI is InChI=1S/C14H17N3O3S/c1-19-13(18)11-7-6-10(20-11)9-21-14-16-15-12-5-3-2-4-8-17(12)14/h6-7H,2-5,8-9H2,1H3. The Labute approximate surface area is 126 Å². The number of hydrogen-bond donors (Lipinski definition) is 0. The van der Waals surface area contributed by atoms with E-state index in [1.807, 2.05) is 0 Å². The van der Waals surface area contributed by atoms with Crippen LogP contribution in [0.1, 0.15) is 41.4 Å². The predicted octanol–water partition coefficient (Wildman–Crippen LogP) is 2.68. The number of furan rings is 1. The van der Waals surface area contributed by atoms with Crippen molar-refractivity contribution in [3.8, 4) is 0 Å². The quantitative estimate of drug-likeness (QED) is 0.639. The Kier molecular flexibility index (Phi) is 4.28. The molecule has 2 aromatic heterocycles. The molecule has 3 rings (SSSR count). The molecule has 3 heterocycles. The molecule has 1 aliphatic rings. The number of aryl methyl sites for hydroxylation is 1. The number of thioether (sulfide) groups is 1. The first-order chi connectivity index (χ1) is 10.3. The van der Waals surface area contributed by atoms with Gasteiger partial charge in [-0.05, 0) is 25.0 Å². The minimum atomic E-state index is -0.456. The first kappa shape index (κ1) is 14.2. The minimum Gasteiger partial charge on any atom is -0.463 e. The molecule has 1 aliphatic heterocycles. The SMILES string of the molecule is COC(=O)c1ccc(CSc2nnc3n2CCCCC3)o1. The van der Waals surface area contributed by atoms with Crippen LogP contribution in [0.2, 0.25) is 0 Å². The van der Waals surface area contributed by atoms with Crippen molar-refractivity contribution < 1.29 is 13.9 Å². The maximum absolute atomic E-state index is 11.3. The highest BCUT2D eigenvalue weighted by Crippen LogP contribution is 2.25. The highest BCUT2D eigenvalue weighted by Gasteiger charge is 2.16. The van der Waals surface area contributed by atoms with Crippen LogP contribution in [0.4, 0.5) is 0 Å². The number of ether oxygens (including phenoxy) is 1. The monoisotopic (exact) mass is 307 g/mol. The molecule has 0 fully saturated rings. The molecule has 0 spiro atoms. The summed E-state index contributed by atoms with van der Waals surface area (Å²) < 4.78 is 12.3. The highest BCUT2D eigenvalue weighted by atomic mass is 32.2. The van der Waals surface area contributed by atoms with Crippen LogP contribution in [0.25, 0.3) is 0 Å². The summed E-state index contributed by atoms with van der Waals surface area (Å²) in [7, 11) is 1.34. The Bertz CT molecular complexity index is 635. The fourth-order valence-corrected chi connectivity index (χ4v) is 3.24. The second-order valence-corrected chi connectivity index (χ2v) is 5.85. The molecule has 0 saturated carbocycles. The van der Waals surface area contributed by atoms with Gasteiger partial charge in [0.2, 0.25) is 5.76 Å². The molecular formula is C14H17N3O3S. The molecule has 0 aromatic carbocycles. The number of methoxy groups -OCH3 is 1. The van der Waals surface area contributed by atoms with Gasteiger partial charge in [-0.1, -0.05) is 18.2 Å². The van der Waals surface area contributed by atoms with Crippen molar-refractivity contribution in [1.29, 1.82) is 0 Å². The maximum Gasteiger partial charge on any atom is 0.373 e. The fourth-order valence-electron chi connectivity index (χ4n) is 2.37. The normalized spacial score (nSPS) is 14.5. The predicted molar refractivity (Wildman–Crippen MR) is 77.2 cm³/mol. The first-order valence-corrected chi connectivity index (χ1v) is 7.98. The van der Waals surface area contributed by atoms with E-state index in [2.05, 4.69) is 19.5 Å². The third-order valence-corrected chi connectivity index (χ3v) is 4.46.